The molecule has 0 spiro atoms. The summed E-state index contributed by atoms with van der Waals surface area (Å²) in [5.41, 5.74) is 1.30. The van der Waals surface area contributed by atoms with Crippen molar-refractivity contribution in [2.24, 2.45) is 11.8 Å². The molecule has 0 bridgehead atoms. The van der Waals surface area contributed by atoms with Crippen LogP contribution in [0.15, 0.2) is 12.3 Å². The van der Waals surface area contributed by atoms with E-state index in [2.05, 4.69) is 39.3 Å². The van der Waals surface area contributed by atoms with Crippen molar-refractivity contribution in [3.63, 3.8) is 0 Å². The third-order valence-corrected chi connectivity index (χ3v) is 3.65. The smallest absolute Gasteiger partial charge is 0.0283 e. The molecule has 1 aliphatic rings. The van der Waals surface area contributed by atoms with Gasteiger partial charge < -0.3 is 4.90 Å². The van der Waals surface area contributed by atoms with Crippen LogP contribution < -0.4 is 0 Å². The lowest BCUT2D eigenvalue weighted by Gasteiger charge is -2.37. The maximum absolute atomic E-state index is 4.17. The van der Waals surface area contributed by atoms with E-state index in [0.29, 0.717) is 5.92 Å². The average Bonchev–Trinajstić information content (AvgIpc) is 2.16. The van der Waals surface area contributed by atoms with E-state index in [1.54, 1.807) is 0 Å². The van der Waals surface area contributed by atoms with E-state index in [0.717, 1.165) is 12.0 Å². The monoisotopic (exact) mass is 195 g/mol. The van der Waals surface area contributed by atoms with Crippen molar-refractivity contribution in [1.82, 2.24) is 4.90 Å². The highest BCUT2D eigenvalue weighted by molar-refractivity contribution is 4.98. The molecule has 1 nitrogen and oxygen atoms in total. The van der Waals surface area contributed by atoms with Crippen molar-refractivity contribution >= 4 is 0 Å². The van der Waals surface area contributed by atoms with Gasteiger partial charge in [0.25, 0.3) is 0 Å². The maximum Gasteiger partial charge on any atom is 0.0283 e. The van der Waals surface area contributed by atoms with Crippen LogP contribution in [0.1, 0.15) is 46.5 Å². The normalized spacial score (nSPS) is 27.8. The van der Waals surface area contributed by atoms with Gasteiger partial charge in [-0.1, -0.05) is 27.4 Å². The van der Waals surface area contributed by atoms with Crippen LogP contribution in [0.3, 0.4) is 0 Å². The van der Waals surface area contributed by atoms with E-state index < -0.39 is 0 Å². The molecule has 1 heteroatoms. The van der Waals surface area contributed by atoms with Gasteiger partial charge in [0.2, 0.25) is 0 Å². The summed E-state index contributed by atoms with van der Waals surface area (Å²) in [5.74, 6) is 1.52. The molecule has 0 atom stereocenters. The lowest BCUT2D eigenvalue weighted by atomic mass is 9.86. The van der Waals surface area contributed by atoms with Crippen molar-refractivity contribution in [3.8, 4) is 0 Å². The molecule has 0 aromatic carbocycles. The molecule has 0 amide bonds. The Kier molecular flexibility index (Phi) is 4.03. The van der Waals surface area contributed by atoms with Gasteiger partial charge in [-0.15, -0.1) is 0 Å². The van der Waals surface area contributed by atoms with Gasteiger partial charge in [-0.2, -0.15) is 0 Å². The van der Waals surface area contributed by atoms with Crippen LogP contribution in [0.5, 0.6) is 0 Å². The zero-order valence-corrected chi connectivity index (χ0v) is 10.2. The largest absolute Gasteiger partial charge is 0.375 e. The third kappa shape index (κ3) is 2.76. The Balaban J connectivity index is 2.45. The van der Waals surface area contributed by atoms with Gasteiger partial charge in [-0.3, -0.25) is 0 Å². The summed E-state index contributed by atoms with van der Waals surface area (Å²) >= 11 is 0. The van der Waals surface area contributed by atoms with E-state index in [-0.39, 0.29) is 0 Å². The van der Waals surface area contributed by atoms with Crippen LogP contribution in [0.4, 0.5) is 0 Å². The highest BCUT2D eigenvalue weighted by Gasteiger charge is 2.22. The minimum Gasteiger partial charge on any atom is -0.375 e. The Morgan fingerprint density at radius 3 is 2.14 bits per heavy atom. The predicted octanol–water partition coefficient (Wildman–Crippen LogP) is 3.67. The van der Waals surface area contributed by atoms with Crippen LogP contribution >= 0.6 is 0 Å². The van der Waals surface area contributed by atoms with Crippen molar-refractivity contribution in [2.45, 2.75) is 52.5 Å². The lowest BCUT2D eigenvalue weighted by Crippen LogP contribution is -2.35. The molecule has 0 radical (unpaired) electrons. The second-order valence-electron chi connectivity index (χ2n) is 5.17. The van der Waals surface area contributed by atoms with Crippen molar-refractivity contribution in [2.75, 3.05) is 7.05 Å². The summed E-state index contributed by atoms with van der Waals surface area (Å²) in [6.07, 6.45) is 5.48. The fraction of sp³-hybridized carbons (Fsp3) is 0.846. The SMILES string of the molecule is C=C(C(C)C)N(C)C1CCC(C)CC1. The molecule has 0 aromatic heterocycles. The van der Waals surface area contributed by atoms with Crippen LogP contribution in [-0.4, -0.2) is 18.0 Å². The number of hydrogen-bond donors (Lipinski definition) is 0. The van der Waals surface area contributed by atoms with Crippen LogP contribution in [0.2, 0.25) is 0 Å². The van der Waals surface area contributed by atoms with Crippen LogP contribution in [-0.2, 0) is 0 Å². The minimum atomic E-state index is 0.583. The molecule has 0 heterocycles. The maximum atomic E-state index is 4.17. The second-order valence-corrected chi connectivity index (χ2v) is 5.17. The molecule has 0 aliphatic heterocycles. The summed E-state index contributed by atoms with van der Waals surface area (Å²) in [6.45, 7) is 11.0. The summed E-state index contributed by atoms with van der Waals surface area (Å²) in [7, 11) is 2.21. The van der Waals surface area contributed by atoms with Crippen molar-refractivity contribution < 1.29 is 0 Å². The fourth-order valence-corrected chi connectivity index (χ4v) is 2.27. The molecule has 1 fully saturated rings. The van der Waals surface area contributed by atoms with E-state index >= 15 is 0 Å². The predicted molar refractivity (Wildman–Crippen MR) is 63.2 cm³/mol. The summed E-state index contributed by atoms with van der Waals surface area (Å²) in [4.78, 5) is 2.41. The quantitative estimate of drug-likeness (QED) is 0.664. The first-order valence-corrected chi connectivity index (χ1v) is 5.94. The number of rotatable bonds is 3. The van der Waals surface area contributed by atoms with Gasteiger partial charge in [-0.05, 0) is 37.5 Å². The van der Waals surface area contributed by atoms with Gasteiger partial charge in [0.1, 0.15) is 0 Å². The minimum absolute atomic E-state index is 0.583. The first kappa shape index (κ1) is 11.6. The molecule has 0 aromatic rings. The molecule has 82 valence electrons. The zero-order chi connectivity index (χ0) is 10.7. The number of allylic oxidation sites excluding steroid dienone is 1. The standard InChI is InChI=1S/C13H25N/c1-10(2)12(4)14(5)13-8-6-11(3)7-9-13/h10-11,13H,4,6-9H2,1-3,5H3. The van der Waals surface area contributed by atoms with Crippen LogP contribution in [0, 0.1) is 11.8 Å². The molecule has 1 saturated carbocycles. The first-order valence-electron chi connectivity index (χ1n) is 5.94. The van der Waals surface area contributed by atoms with Crippen LogP contribution in [0.25, 0.3) is 0 Å². The summed E-state index contributed by atoms with van der Waals surface area (Å²) < 4.78 is 0. The van der Waals surface area contributed by atoms with Gasteiger partial charge in [0, 0.05) is 18.8 Å². The Hall–Kier alpha value is -0.460. The van der Waals surface area contributed by atoms with Crippen molar-refractivity contribution in [3.05, 3.63) is 12.3 Å². The van der Waals surface area contributed by atoms with Gasteiger partial charge in [-0.25, -0.2) is 0 Å². The molecule has 1 aliphatic carbocycles. The Labute approximate surface area is 89.2 Å². The van der Waals surface area contributed by atoms with E-state index in [1.807, 2.05) is 0 Å². The first-order chi connectivity index (χ1) is 6.52. The molecule has 1 rings (SSSR count). The molecule has 0 unspecified atom stereocenters. The summed E-state index contributed by atoms with van der Waals surface area (Å²) in [5, 5.41) is 0. The van der Waals surface area contributed by atoms with Gasteiger partial charge in [0.05, 0.1) is 0 Å². The van der Waals surface area contributed by atoms with Gasteiger partial charge in [0.15, 0.2) is 0 Å². The lowest BCUT2D eigenvalue weighted by molar-refractivity contribution is 0.195. The van der Waals surface area contributed by atoms with Crippen molar-refractivity contribution in [1.29, 1.82) is 0 Å². The highest BCUT2D eigenvalue weighted by Crippen LogP contribution is 2.29. The van der Waals surface area contributed by atoms with E-state index in [9.17, 15) is 0 Å². The number of hydrogen-bond acceptors (Lipinski definition) is 1. The zero-order valence-electron chi connectivity index (χ0n) is 10.2. The molecular formula is C13H25N. The van der Waals surface area contributed by atoms with E-state index in [1.165, 1.54) is 31.4 Å². The molecule has 14 heavy (non-hydrogen) atoms. The van der Waals surface area contributed by atoms with Gasteiger partial charge >= 0.3 is 0 Å². The molecule has 0 N–H and O–H groups in total. The Morgan fingerprint density at radius 2 is 1.71 bits per heavy atom. The Bertz CT molecular complexity index is 187. The number of nitrogens with zero attached hydrogens (tertiary/aromatic N) is 1. The topological polar surface area (TPSA) is 3.24 Å². The third-order valence-electron chi connectivity index (χ3n) is 3.65. The summed E-state index contributed by atoms with van der Waals surface area (Å²) in [6, 6.07) is 0.751. The fourth-order valence-electron chi connectivity index (χ4n) is 2.27. The Morgan fingerprint density at radius 1 is 1.21 bits per heavy atom. The molecule has 0 saturated heterocycles. The average molecular weight is 195 g/mol. The van der Waals surface area contributed by atoms with E-state index in [4.69, 9.17) is 0 Å². The second kappa shape index (κ2) is 4.86. The molecular weight excluding hydrogens is 170 g/mol. The highest BCUT2D eigenvalue weighted by atomic mass is 15.1.